The van der Waals surface area contributed by atoms with Gasteiger partial charge in [-0.1, -0.05) is 20.3 Å². The van der Waals surface area contributed by atoms with Gasteiger partial charge in [0.1, 0.15) is 0 Å². The van der Waals surface area contributed by atoms with E-state index in [1.54, 1.807) is 11.2 Å². The fourth-order valence-electron chi connectivity index (χ4n) is 5.08. The van der Waals surface area contributed by atoms with E-state index in [-0.39, 0.29) is 11.7 Å². The first-order valence-electron chi connectivity index (χ1n) is 12.6. The van der Waals surface area contributed by atoms with Crippen molar-refractivity contribution in [3.8, 4) is 11.1 Å². The Kier molecular flexibility index (Phi) is 7.62. The number of nitrogens with zero attached hydrogens (tertiary/aromatic N) is 2. The van der Waals surface area contributed by atoms with Crippen LogP contribution in [0, 0.1) is 5.92 Å². The number of sulfonamides is 1. The molecule has 188 valence electrons. The molecule has 0 atom stereocenters. The van der Waals surface area contributed by atoms with Crippen molar-refractivity contribution in [1.82, 2.24) is 14.3 Å². The number of nitrogens with one attached hydrogen (secondary N) is 1. The van der Waals surface area contributed by atoms with Gasteiger partial charge < -0.3 is 10.7 Å². The van der Waals surface area contributed by atoms with E-state index in [0.717, 1.165) is 53.3 Å². The lowest BCUT2D eigenvalue weighted by Crippen LogP contribution is -2.38. The van der Waals surface area contributed by atoms with Crippen LogP contribution in [0.25, 0.3) is 22.0 Å². The minimum atomic E-state index is -3.18. The van der Waals surface area contributed by atoms with Crippen LogP contribution < -0.4 is 5.73 Å². The molecule has 0 saturated carbocycles. The third kappa shape index (κ3) is 5.59. The third-order valence-electron chi connectivity index (χ3n) is 7.11. The lowest BCUT2D eigenvalue weighted by molar-refractivity contribution is 0.100. The van der Waals surface area contributed by atoms with Gasteiger partial charge in [-0.25, -0.2) is 12.7 Å². The van der Waals surface area contributed by atoms with E-state index in [1.807, 2.05) is 24.7 Å². The second kappa shape index (κ2) is 10.5. The minimum absolute atomic E-state index is 0.126. The minimum Gasteiger partial charge on any atom is -0.366 e. The first-order valence-corrected chi connectivity index (χ1v) is 14.2. The summed E-state index contributed by atoms with van der Waals surface area (Å²) in [7, 11) is -3.18. The zero-order valence-corrected chi connectivity index (χ0v) is 21.7. The van der Waals surface area contributed by atoms with Crippen molar-refractivity contribution < 1.29 is 13.2 Å². The average Bonchev–Trinajstić information content (AvgIpc) is 3.27. The number of nitrogens with two attached hydrogens (primary N) is 1. The van der Waals surface area contributed by atoms with Crippen LogP contribution in [-0.2, 0) is 16.4 Å². The van der Waals surface area contributed by atoms with Gasteiger partial charge in [0.25, 0.3) is 5.91 Å². The van der Waals surface area contributed by atoms with Crippen LogP contribution in [0.15, 0.2) is 36.8 Å². The van der Waals surface area contributed by atoms with E-state index in [4.69, 9.17) is 5.73 Å². The molecule has 0 unspecified atom stereocenters. The molecule has 1 aromatic carbocycles. The number of rotatable bonds is 9. The first kappa shape index (κ1) is 25.4. The number of aromatic amines is 1. The standard InChI is InChI=1S/C27H36N4O3S/c1-4-35(33,34)31-10-8-20(9-11-31)25-17-30-26-23(25)13-21(14-24(26)27(28)32)22-12-19(15-29-16-22)7-5-6-18(2)3/h12-18,20,30H,4-11H2,1-3H3,(H2,28,32). The Morgan fingerprint density at radius 3 is 2.57 bits per heavy atom. The van der Waals surface area contributed by atoms with Crippen LogP contribution in [0.2, 0.25) is 0 Å². The van der Waals surface area contributed by atoms with Gasteiger partial charge in [-0.05, 0) is 79.3 Å². The highest BCUT2D eigenvalue weighted by Gasteiger charge is 2.29. The molecule has 0 radical (unpaired) electrons. The molecule has 0 bridgehead atoms. The second-order valence-electron chi connectivity index (χ2n) is 10.00. The molecule has 2 aromatic heterocycles. The predicted molar refractivity (Wildman–Crippen MR) is 141 cm³/mol. The van der Waals surface area contributed by atoms with Gasteiger partial charge in [-0.3, -0.25) is 9.78 Å². The number of amides is 1. The van der Waals surface area contributed by atoms with Crippen molar-refractivity contribution in [2.75, 3.05) is 18.8 Å². The number of hydrogen-bond donors (Lipinski definition) is 2. The molecule has 3 aromatic rings. The molecule has 1 amide bonds. The van der Waals surface area contributed by atoms with Gasteiger partial charge in [0.05, 0.1) is 16.8 Å². The molecule has 8 heteroatoms. The predicted octanol–water partition coefficient (Wildman–Crippen LogP) is 4.84. The largest absolute Gasteiger partial charge is 0.366 e. The van der Waals surface area contributed by atoms with Crippen LogP contribution in [0.3, 0.4) is 0 Å². The Hall–Kier alpha value is -2.71. The van der Waals surface area contributed by atoms with Gasteiger partial charge >= 0.3 is 0 Å². The van der Waals surface area contributed by atoms with Crippen LogP contribution in [0.1, 0.15) is 73.9 Å². The highest BCUT2D eigenvalue weighted by Crippen LogP contribution is 2.37. The number of piperidine rings is 1. The van der Waals surface area contributed by atoms with Crippen LogP contribution in [0.5, 0.6) is 0 Å². The topological polar surface area (TPSA) is 109 Å². The lowest BCUT2D eigenvalue weighted by Gasteiger charge is -2.31. The van der Waals surface area contributed by atoms with Crippen molar-refractivity contribution >= 4 is 26.8 Å². The number of fused-ring (bicyclic) bond motifs is 1. The van der Waals surface area contributed by atoms with Gasteiger partial charge in [0, 0.05) is 42.6 Å². The number of primary amides is 1. The Balaban J connectivity index is 1.66. The summed E-state index contributed by atoms with van der Waals surface area (Å²) in [6, 6.07) is 6.10. The van der Waals surface area contributed by atoms with Crippen molar-refractivity contribution in [2.24, 2.45) is 11.7 Å². The molecule has 3 N–H and O–H groups in total. The van der Waals surface area contributed by atoms with E-state index < -0.39 is 15.9 Å². The molecule has 7 nitrogen and oxygen atoms in total. The molecule has 1 saturated heterocycles. The van der Waals surface area contributed by atoms with Crippen molar-refractivity contribution in [3.05, 3.63) is 53.5 Å². The molecular weight excluding hydrogens is 460 g/mol. The van der Waals surface area contributed by atoms with Crippen molar-refractivity contribution in [2.45, 2.75) is 58.8 Å². The van der Waals surface area contributed by atoms with Gasteiger partial charge in [-0.2, -0.15) is 0 Å². The molecule has 1 aliphatic rings. The molecule has 3 heterocycles. The first-order chi connectivity index (χ1) is 16.7. The second-order valence-corrected chi connectivity index (χ2v) is 12.3. The molecule has 35 heavy (non-hydrogen) atoms. The third-order valence-corrected chi connectivity index (χ3v) is 9.00. The summed E-state index contributed by atoms with van der Waals surface area (Å²) in [5.41, 5.74) is 11.1. The number of benzene rings is 1. The molecule has 0 aliphatic carbocycles. The van der Waals surface area contributed by atoms with Crippen LogP contribution >= 0.6 is 0 Å². The number of carbonyl (C=O) groups is 1. The Morgan fingerprint density at radius 2 is 1.91 bits per heavy atom. The summed E-state index contributed by atoms with van der Waals surface area (Å²) in [5.74, 6) is 0.534. The van der Waals surface area contributed by atoms with Gasteiger partial charge in [0.2, 0.25) is 10.0 Å². The zero-order chi connectivity index (χ0) is 25.2. The highest BCUT2D eigenvalue weighted by atomic mass is 32.2. The smallest absolute Gasteiger partial charge is 0.250 e. The fraction of sp³-hybridized carbons (Fsp3) is 0.481. The molecule has 1 fully saturated rings. The molecule has 1 aliphatic heterocycles. The average molecular weight is 497 g/mol. The number of carbonyl (C=O) groups excluding carboxylic acids is 1. The summed E-state index contributed by atoms with van der Waals surface area (Å²) < 4.78 is 26.1. The van der Waals surface area contributed by atoms with E-state index in [1.165, 1.54) is 12.0 Å². The summed E-state index contributed by atoms with van der Waals surface area (Å²) in [4.78, 5) is 20.1. The summed E-state index contributed by atoms with van der Waals surface area (Å²) >= 11 is 0. The molecule has 0 spiro atoms. The number of H-pyrrole nitrogens is 1. The zero-order valence-electron chi connectivity index (χ0n) is 20.9. The normalized spacial score (nSPS) is 15.8. The van der Waals surface area contributed by atoms with Crippen molar-refractivity contribution in [3.63, 3.8) is 0 Å². The van der Waals surface area contributed by atoms with E-state index in [2.05, 4.69) is 35.9 Å². The van der Waals surface area contributed by atoms with Crippen LogP contribution in [-0.4, -0.2) is 47.4 Å². The van der Waals surface area contributed by atoms with E-state index in [9.17, 15) is 13.2 Å². The maximum absolute atomic E-state index is 12.4. The monoisotopic (exact) mass is 496 g/mol. The summed E-state index contributed by atoms with van der Waals surface area (Å²) in [6.45, 7) is 7.17. The van der Waals surface area contributed by atoms with Crippen LogP contribution in [0.4, 0.5) is 0 Å². The van der Waals surface area contributed by atoms with Crippen molar-refractivity contribution in [1.29, 1.82) is 0 Å². The number of aryl methyl sites for hydroxylation is 1. The van der Waals surface area contributed by atoms with Gasteiger partial charge in [0.15, 0.2) is 0 Å². The van der Waals surface area contributed by atoms with E-state index in [0.29, 0.717) is 24.6 Å². The number of aromatic nitrogens is 2. The Morgan fingerprint density at radius 1 is 1.17 bits per heavy atom. The Labute approximate surface area is 208 Å². The lowest BCUT2D eigenvalue weighted by atomic mass is 9.88. The SMILES string of the molecule is CCS(=O)(=O)N1CCC(c2c[nH]c3c(C(N)=O)cc(-c4cncc(CCCC(C)C)c4)cc23)CC1. The number of hydrogen-bond acceptors (Lipinski definition) is 4. The molecule has 4 rings (SSSR count). The fourth-order valence-corrected chi connectivity index (χ4v) is 6.21. The highest BCUT2D eigenvalue weighted by molar-refractivity contribution is 7.89. The number of pyridine rings is 1. The summed E-state index contributed by atoms with van der Waals surface area (Å²) in [5, 5.41) is 0.971. The van der Waals surface area contributed by atoms with Gasteiger partial charge in [-0.15, -0.1) is 0 Å². The Bertz CT molecular complexity index is 1310. The summed E-state index contributed by atoms with van der Waals surface area (Å²) in [6.07, 6.45) is 10.4. The maximum Gasteiger partial charge on any atom is 0.250 e. The molecular formula is C27H36N4O3S. The quantitative estimate of drug-likeness (QED) is 0.442. The maximum atomic E-state index is 12.4. The van der Waals surface area contributed by atoms with E-state index >= 15 is 0 Å².